The van der Waals surface area contributed by atoms with Crippen molar-refractivity contribution in [1.29, 1.82) is 0 Å². The summed E-state index contributed by atoms with van der Waals surface area (Å²) in [6.07, 6.45) is 9.25. The maximum absolute atomic E-state index is 12.4. The number of methoxy groups -OCH3 is 1. The van der Waals surface area contributed by atoms with Gasteiger partial charge in [0.25, 0.3) is 0 Å². The minimum Gasteiger partial charge on any atom is -0.493 e. The second kappa shape index (κ2) is 8.97. The largest absolute Gasteiger partial charge is 0.493 e. The predicted octanol–water partition coefficient (Wildman–Crippen LogP) is 4.55. The monoisotopic (exact) mass is 351 g/mol. The Morgan fingerprint density at radius 1 is 1.33 bits per heavy atom. The van der Waals surface area contributed by atoms with Crippen LogP contribution in [0.15, 0.2) is 18.2 Å². The van der Waals surface area contributed by atoms with Gasteiger partial charge in [-0.15, -0.1) is 0 Å². The molecule has 132 valence electrons. The highest BCUT2D eigenvalue weighted by Crippen LogP contribution is 2.36. The molecule has 0 heterocycles. The van der Waals surface area contributed by atoms with Crippen LogP contribution in [-0.2, 0) is 4.79 Å². The van der Waals surface area contributed by atoms with Gasteiger partial charge >= 0.3 is 0 Å². The number of amides is 1. The number of hydrogen-bond acceptors (Lipinski definition) is 3. The van der Waals surface area contributed by atoms with Crippen molar-refractivity contribution in [2.45, 2.75) is 45.1 Å². The van der Waals surface area contributed by atoms with Crippen molar-refractivity contribution in [3.8, 4) is 11.5 Å². The van der Waals surface area contributed by atoms with Gasteiger partial charge in [-0.1, -0.05) is 30.9 Å². The molecule has 0 saturated heterocycles. The van der Waals surface area contributed by atoms with Crippen LogP contribution in [0, 0.1) is 0 Å². The van der Waals surface area contributed by atoms with Crippen molar-refractivity contribution < 1.29 is 14.3 Å². The molecule has 0 aliphatic heterocycles. The van der Waals surface area contributed by atoms with Crippen LogP contribution >= 0.6 is 11.6 Å². The number of likely N-dealkylation sites (N-methyl/N-ethyl adjacent to an activating group) is 1. The zero-order chi connectivity index (χ0) is 17.5. The molecule has 0 radical (unpaired) electrons. The summed E-state index contributed by atoms with van der Waals surface area (Å²) >= 11 is 6.26. The molecule has 5 heteroatoms. The molecule has 2 rings (SSSR count). The van der Waals surface area contributed by atoms with Crippen LogP contribution in [0.3, 0.4) is 0 Å². The minimum atomic E-state index is 0.0193. The van der Waals surface area contributed by atoms with Crippen LogP contribution in [0.25, 0.3) is 6.08 Å². The lowest BCUT2D eigenvalue weighted by atomic mass is 9.94. The Balaban J connectivity index is 2.10. The van der Waals surface area contributed by atoms with Crippen molar-refractivity contribution in [3.63, 3.8) is 0 Å². The van der Waals surface area contributed by atoms with Crippen LogP contribution in [0.2, 0.25) is 5.02 Å². The second-order valence-electron chi connectivity index (χ2n) is 6.04. The molecule has 1 aromatic rings. The number of nitrogens with zero attached hydrogens (tertiary/aromatic N) is 1. The number of benzene rings is 1. The Kier molecular flexibility index (Phi) is 6.98. The average Bonchev–Trinajstić information content (AvgIpc) is 2.61. The van der Waals surface area contributed by atoms with E-state index < -0.39 is 0 Å². The Hall–Kier alpha value is -1.68. The molecule has 1 saturated carbocycles. The second-order valence-corrected chi connectivity index (χ2v) is 6.45. The fraction of sp³-hybridized carbons (Fsp3) is 0.526. The molecule has 0 N–H and O–H groups in total. The van der Waals surface area contributed by atoms with Crippen molar-refractivity contribution in [2.24, 2.45) is 0 Å². The lowest BCUT2D eigenvalue weighted by Crippen LogP contribution is -2.37. The van der Waals surface area contributed by atoms with Gasteiger partial charge in [0.05, 0.1) is 18.7 Å². The number of carbonyl (C=O) groups is 1. The van der Waals surface area contributed by atoms with E-state index >= 15 is 0 Å². The molecule has 1 amide bonds. The predicted molar refractivity (Wildman–Crippen MR) is 97.9 cm³/mol. The molecule has 0 atom stereocenters. The number of hydrogen-bond donors (Lipinski definition) is 0. The van der Waals surface area contributed by atoms with Crippen LogP contribution in [-0.4, -0.2) is 37.6 Å². The van der Waals surface area contributed by atoms with E-state index in [9.17, 15) is 4.79 Å². The molecular weight excluding hydrogens is 326 g/mol. The third-order valence-corrected chi connectivity index (χ3v) is 4.71. The van der Waals surface area contributed by atoms with E-state index in [1.807, 2.05) is 24.9 Å². The molecule has 0 unspecified atom stereocenters. The lowest BCUT2D eigenvalue weighted by molar-refractivity contribution is -0.127. The maximum atomic E-state index is 12.4. The van der Waals surface area contributed by atoms with Gasteiger partial charge in [0.1, 0.15) is 0 Å². The van der Waals surface area contributed by atoms with E-state index in [0.717, 1.165) is 18.4 Å². The topological polar surface area (TPSA) is 38.8 Å². The molecule has 1 aromatic carbocycles. The van der Waals surface area contributed by atoms with Gasteiger partial charge in [0.2, 0.25) is 5.91 Å². The van der Waals surface area contributed by atoms with Gasteiger partial charge in [-0.05, 0) is 43.5 Å². The van der Waals surface area contributed by atoms with Crippen molar-refractivity contribution in [2.75, 3.05) is 20.8 Å². The highest BCUT2D eigenvalue weighted by Gasteiger charge is 2.20. The zero-order valence-corrected chi connectivity index (χ0v) is 15.4. The summed E-state index contributed by atoms with van der Waals surface area (Å²) in [6, 6.07) is 3.95. The van der Waals surface area contributed by atoms with Gasteiger partial charge in [-0.25, -0.2) is 0 Å². The van der Waals surface area contributed by atoms with Gasteiger partial charge < -0.3 is 14.4 Å². The first-order chi connectivity index (χ1) is 11.6. The van der Waals surface area contributed by atoms with Gasteiger partial charge in [-0.3, -0.25) is 4.79 Å². The molecule has 0 bridgehead atoms. The third kappa shape index (κ3) is 4.67. The maximum Gasteiger partial charge on any atom is 0.246 e. The zero-order valence-electron chi connectivity index (χ0n) is 14.7. The van der Waals surface area contributed by atoms with E-state index in [4.69, 9.17) is 21.1 Å². The first kappa shape index (κ1) is 18.7. The Labute approximate surface area is 149 Å². The first-order valence-corrected chi connectivity index (χ1v) is 8.89. The first-order valence-electron chi connectivity index (χ1n) is 8.52. The third-order valence-electron chi connectivity index (χ3n) is 4.43. The lowest BCUT2D eigenvalue weighted by Gasteiger charge is -2.30. The van der Waals surface area contributed by atoms with E-state index in [-0.39, 0.29) is 5.91 Å². The molecule has 1 aliphatic rings. The van der Waals surface area contributed by atoms with E-state index in [1.54, 1.807) is 25.3 Å². The quantitative estimate of drug-likeness (QED) is 0.705. The summed E-state index contributed by atoms with van der Waals surface area (Å²) in [5.41, 5.74) is 0.811. The van der Waals surface area contributed by atoms with E-state index in [1.165, 1.54) is 19.3 Å². The van der Waals surface area contributed by atoms with Crippen molar-refractivity contribution in [1.82, 2.24) is 4.90 Å². The highest BCUT2D eigenvalue weighted by atomic mass is 35.5. The SMILES string of the molecule is CCOc1c(Cl)cc(/C=C/C(=O)N(C)C2CCCCC2)cc1OC. The summed E-state index contributed by atoms with van der Waals surface area (Å²) in [4.78, 5) is 14.2. The summed E-state index contributed by atoms with van der Waals surface area (Å²) < 4.78 is 10.8. The molecule has 1 fully saturated rings. The van der Waals surface area contributed by atoms with E-state index in [0.29, 0.717) is 29.2 Å². The fourth-order valence-electron chi connectivity index (χ4n) is 3.05. The summed E-state index contributed by atoms with van der Waals surface area (Å²) in [5, 5.41) is 0.476. The van der Waals surface area contributed by atoms with Crippen LogP contribution < -0.4 is 9.47 Å². The summed E-state index contributed by atoms with van der Waals surface area (Å²) in [6.45, 7) is 2.40. The Morgan fingerprint density at radius 3 is 2.67 bits per heavy atom. The van der Waals surface area contributed by atoms with Crippen molar-refractivity contribution in [3.05, 3.63) is 28.8 Å². The standard InChI is InChI=1S/C19H26ClNO3/c1-4-24-19-16(20)12-14(13-17(19)23-3)10-11-18(22)21(2)15-8-6-5-7-9-15/h10-13,15H,4-9H2,1-3H3/b11-10+. The van der Waals surface area contributed by atoms with Gasteiger partial charge in [-0.2, -0.15) is 0 Å². The molecule has 1 aliphatic carbocycles. The van der Waals surface area contributed by atoms with Gasteiger partial charge in [0, 0.05) is 19.2 Å². The number of carbonyl (C=O) groups excluding carboxylic acids is 1. The Bertz CT molecular complexity index is 595. The fourth-order valence-corrected chi connectivity index (χ4v) is 3.33. The number of rotatable bonds is 6. The normalized spacial score (nSPS) is 15.5. The summed E-state index contributed by atoms with van der Waals surface area (Å²) in [5.74, 6) is 1.12. The molecular formula is C19H26ClNO3. The average molecular weight is 352 g/mol. The summed E-state index contributed by atoms with van der Waals surface area (Å²) in [7, 11) is 3.46. The van der Waals surface area contributed by atoms with Crippen LogP contribution in [0.4, 0.5) is 0 Å². The van der Waals surface area contributed by atoms with Crippen LogP contribution in [0.5, 0.6) is 11.5 Å². The highest BCUT2D eigenvalue weighted by molar-refractivity contribution is 6.32. The molecule has 4 nitrogen and oxygen atoms in total. The smallest absolute Gasteiger partial charge is 0.246 e. The number of halogens is 1. The van der Waals surface area contributed by atoms with E-state index in [2.05, 4.69) is 0 Å². The van der Waals surface area contributed by atoms with Gasteiger partial charge in [0.15, 0.2) is 11.5 Å². The molecule has 24 heavy (non-hydrogen) atoms. The minimum absolute atomic E-state index is 0.0193. The van der Waals surface area contributed by atoms with Crippen molar-refractivity contribution >= 4 is 23.6 Å². The Morgan fingerprint density at radius 2 is 2.04 bits per heavy atom. The number of ether oxygens (including phenoxy) is 2. The molecule has 0 spiro atoms. The molecule has 0 aromatic heterocycles. The van der Waals surface area contributed by atoms with Crippen LogP contribution in [0.1, 0.15) is 44.6 Å².